The summed E-state index contributed by atoms with van der Waals surface area (Å²) in [6.45, 7) is 25.1. The van der Waals surface area contributed by atoms with Gasteiger partial charge in [0.1, 0.15) is 6.29 Å². The molecule has 1 aromatic rings. The number of aldehydes is 1. The van der Waals surface area contributed by atoms with Gasteiger partial charge in [-0.05, 0) is 76.0 Å². The van der Waals surface area contributed by atoms with Crippen molar-refractivity contribution in [1.29, 1.82) is 5.41 Å². The van der Waals surface area contributed by atoms with Crippen LogP contribution in [-0.4, -0.2) is 84.3 Å². The molecular formula is C41H70N8O3S. The maximum Gasteiger partial charge on any atom is 0.223 e. The number of allylic oxidation sites excluding steroid dienone is 9. The molecule has 2 heterocycles. The van der Waals surface area contributed by atoms with E-state index in [1.807, 2.05) is 63.3 Å². The summed E-state index contributed by atoms with van der Waals surface area (Å²) in [6.07, 6.45) is 21.6. The number of aliphatic imine (C=N–C) groups is 1. The number of aromatic nitrogens is 2. The first-order valence-electron chi connectivity index (χ1n) is 18.7. The highest BCUT2D eigenvalue weighted by Crippen LogP contribution is 2.30. The summed E-state index contributed by atoms with van der Waals surface area (Å²) in [5.41, 5.74) is 9.90. The highest BCUT2D eigenvalue weighted by molar-refractivity contribution is 7.79. The number of hydrogen-bond donors (Lipinski definition) is 5. The number of carbonyl (C=O) groups is 3. The SMILES string of the molecule is C=CN=C(/C=C\C)n1nc(C2CCN(C(=O)CCNCCNC=O)CC2)cc1C(C)CC.CC.CC.CS.C\C=C(C=O)/C=C\C=C(C)\C(N)=C\C=N. The van der Waals surface area contributed by atoms with Gasteiger partial charge in [-0.3, -0.25) is 14.4 Å². The molecule has 1 aliphatic rings. The van der Waals surface area contributed by atoms with Crippen LogP contribution in [0.2, 0.25) is 0 Å². The molecule has 298 valence electrons. The Balaban J connectivity index is -0.000000999. The van der Waals surface area contributed by atoms with Crippen LogP contribution in [0.5, 0.6) is 0 Å². The van der Waals surface area contributed by atoms with E-state index >= 15 is 0 Å². The van der Waals surface area contributed by atoms with Gasteiger partial charge in [-0.2, -0.15) is 17.7 Å². The summed E-state index contributed by atoms with van der Waals surface area (Å²) >= 11 is 3.53. The van der Waals surface area contributed by atoms with Crippen LogP contribution >= 0.6 is 12.6 Å². The van der Waals surface area contributed by atoms with Crippen molar-refractivity contribution >= 4 is 43.3 Å². The van der Waals surface area contributed by atoms with Crippen molar-refractivity contribution in [2.75, 3.05) is 39.0 Å². The molecule has 2 rings (SSSR count). The molecule has 0 bridgehead atoms. The lowest BCUT2D eigenvalue weighted by Gasteiger charge is -2.31. The number of amides is 2. The van der Waals surface area contributed by atoms with Gasteiger partial charge in [-0.15, -0.1) is 0 Å². The van der Waals surface area contributed by atoms with Crippen molar-refractivity contribution in [2.24, 2.45) is 10.7 Å². The van der Waals surface area contributed by atoms with Gasteiger partial charge >= 0.3 is 0 Å². The standard InChI is InChI=1S/C24H38N6O2.C12H16N2O.2C2H6.CH4S/c1-5-8-23(27-7-3)30-22(19(4)6-2)17-21(28-30)20-10-15-29(16-11-20)24(32)9-12-25-13-14-26-18-31;1-3-11(9-15)6-4-5-10(2)12(14)7-8-13;3*1-2/h5,7-8,17-20,25H,3,6,9-16H2,1-2,4H3,(H,26,31);3-9,13H,14H2,1-2H3;2*1-2H3;2H,1H3/b8-5-,27-23?;6-4-,10-5+,11-3+,12-7-,13-8?;;;. The van der Waals surface area contributed by atoms with Gasteiger partial charge in [0, 0.05) is 74.4 Å². The van der Waals surface area contributed by atoms with Crippen LogP contribution in [-0.2, 0) is 14.4 Å². The minimum absolute atomic E-state index is 0.179. The van der Waals surface area contributed by atoms with Crippen molar-refractivity contribution in [3.63, 3.8) is 0 Å². The lowest BCUT2D eigenvalue weighted by atomic mass is 9.92. The third-order valence-electron chi connectivity index (χ3n) is 7.76. The molecule has 0 spiro atoms. The molecular weight excluding hydrogens is 685 g/mol. The molecule has 0 radical (unpaired) electrons. The Morgan fingerprint density at radius 1 is 1.11 bits per heavy atom. The predicted octanol–water partition coefficient (Wildman–Crippen LogP) is 7.52. The number of rotatable bonds is 17. The molecule has 12 heteroatoms. The summed E-state index contributed by atoms with van der Waals surface area (Å²) in [4.78, 5) is 39.6. The highest BCUT2D eigenvalue weighted by atomic mass is 32.1. The number of nitrogens with one attached hydrogen (secondary N) is 3. The predicted molar refractivity (Wildman–Crippen MR) is 230 cm³/mol. The van der Waals surface area contributed by atoms with Crippen molar-refractivity contribution in [2.45, 2.75) is 99.8 Å². The Bertz CT molecular complexity index is 1350. The van der Waals surface area contributed by atoms with Crippen molar-refractivity contribution in [3.05, 3.63) is 89.6 Å². The lowest BCUT2D eigenvalue weighted by Crippen LogP contribution is -2.39. The van der Waals surface area contributed by atoms with Gasteiger partial charge in [0.05, 0.1) is 5.69 Å². The molecule has 1 aromatic heterocycles. The van der Waals surface area contributed by atoms with E-state index in [1.54, 1.807) is 43.7 Å². The van der Waals surface area contributed by atoms with E-state index in [0.717, 1.165) is 67.6 Å². The second kappa shape index (κ2) is 36.1. The maximum absolute atomic E-state index is 12.5. The molecule has 1 fully saturated rings. The number of nitrogens with zero attached hydrogens (tertiary/aromatic N) is 4. The fraction of sp³-hybridized carbons (Fsp3) is 0.512. The van der Waals surface area contributed by atoms with Crippen LogP contribution in [0.1, 0.15) is 111 Å². The third kappa shape index (κ3) is 22.4. The van der Waals surface area contributed by atoms with E-state index in [0.29, 0.717) is 55.6 Å². The molecule has 2 amide bonds. The molecule has 1 saturated heterocycles. The van der Waals surface area contributed by atoms with Gasteiger partial charge in [-0.1, -0.05) is 78.5 Å². The maximum atomic E-state index is 12.5. The Hall–Kier alpha value is -4.29. The largest absolute Gasteiger partial charge is 0.398 e. The first-order valence-corrected chi connectivity index (χ1v) is 19.5. The zero-order valence-electron chi connectivity index (χ0n) is 34.2. The first-order chi connectivity index (χ1) is 25.7. The first kappa shape index (κ1) is 53.1. The van der Waals surface area contributed by atoms with Crippen molar-refractivity contribution < 1.29 is 14.4 Å². The molecule has 0 aromatic carbocycles. The monoisotopic (exact) mass is 755 g/mol. The minimum Gasteiger partial charge on any atom is -0.398 e. The summed E-state index contributed by atoms with van der Waals surface area (Å²) in [5, 5.41) is 17.6. The Labute approximate surface area is 326 Å². The van der Waals surface area contributed by atoms with Gasteiger partial charge in [0.15, 0.2) is 5.84 Å². The van der Waals surface area contributed by atoms with Gasteiger partial charge < -0.3 is 26.7 Å². The summed E-state index contributed by atoms with van der Waals surface area (Å²) in [7, 11) is 0. The second-order valence-corrected chi connectivity index (χ2v) is 11.0. The quantitative estimate of drug-likeness (QED) is 0.0211. The molecule has 1 unspecified atom stereocenters. The van der Waals surface area contributed by atoms with E-state index in [2.05, 4.69) is 54.7 Å². The van der Waals surface area contributed by atoms with Crippen molar-refractivity contribution in [3.8, 4) is 0 Å². The van der Waals surface area contributed by atoms with E-state index < -0.39 is 0 Å². The van der Waals surface area contributed by atoms with Crippen LogP contribution in [0.4, 0.5) is 0 Å². The molecule has 0 aliphatic carbocycles. The Morgan fingerprint density at radius 3 is 2.26 bits per heavy atom. The fourth-order valence-corrected chi connectivity index (χ4v) is 4.72. The number of likely N-dealkylation sites (tertiary alicyclic amines) is 1. The molecule has 1 aliphatic heterocycles. The second-order valence-electron chi connectivity index (χ2n) is 11.0. The minimum atomic E-state index is 0.179. The van der Waals surface area contributed by atoms with E-state index in [4.69, 9.17) is 16.2 Å². The smallest absolute Gasteiger partial charge is 0.223 e. The average Bonchev–Trinajstić information content (AvgIpc) is 3.65. The Morgan fingerprint density at radius 2 is 1.75 bits per heavy atom. The highest BCUT2D eigenvalue weighted by Gasteiger charge is 2.27. The van der Waals surface area contributed by atoms with E-state index in [9.17, 15) is 14.4 Å². The van der Waals surface area contributed by atoms with E-state index in [1.165, 1.54) is 6.08 Å². The van der Waals surface area contributed by atoms with Crippen molar-refractivity contribution in [1.82, 2.24) is 25.3 Å². The third-order valence-corrected chi connectivity index (χ3v) is 7.76. The van der Waals surface area contributed by atoms with Gasteiger partial charge in [0.2, 0.25) is 12.3 Å². The Kier molecular flexibility index (Phi) is 36.1. The molecule has 11 nitrogen and oxygen atoms in total. The van der Waals surface area contributed by atoms with E-state index in [-0.39, 0.29) is 5.91 Å². The number of hydrogen-bond acceptors (Lipinski definition) is 9. The van der Waals surface area contributed by atoms with Gasteiger partial charge in [0.25, 0.3) is 0 Å². The van der Waals surface area contributed by atoms with Crippen LogP contribution in [0.3, 0.4) is 0 Å². The average molecular weight is 755 g/mol. The zero-order chi connectivity index (χ0) is 41.0. The summed E-state index contributed by atoms with van der Waals surface area (Å²) in [5.74, 6) is 1.66. The molecule has 1 atom stereocenters. The van der Waals surface area contributed by atoms with Crippen LogP contribution in [0, 0.1) is 5.41 Å². The molecule has 5 N–H and O–H groups in total. The normalized spacial score (nSPS) is 14.3. The summed E-state index contributed by atoms with van der Waals surface area (Å²) < 4.78 is 1.95. The van der Waals surface area contributed by atoms with Crippen LogP contribution < -0.4 is 16.4 Å². The topological polar surface area (TPSA) is 159 Å². The zero-order valence-corrected chi connectivity index (χ0v) is 35.1. The van der Waals surface area contributed by atoms with Crippen LogP contribution in [0.15, 0.2) is 83.2 Å². The number of carbonyl (C=O) groups excluding carboxylic acids is 3. The summed E-state index contributed by atoms with van der Waals surface area (Å²) in [6, 6.07) is 2.22. The van der Waals surface area contributed by atoms with Gasteiger partial charge in [-0.25, -0.2) is 9.67 Å². The van der Waals surface area contributed by atoms with Crippen LogP contribution in [0.25, 0.3) is 0 Å². The fourth-order valence-electron chi connectivity index (χ4n) is 4.72. The number of piperidine rings is 1. The molecule has 53 heavy (non-hydrogen) atoms. The number of thiol groups is 1. The molecule has 0 saturated carbocycles. The lowest BCUT2D eigenvalue weighted by molar-refractivity contribution is -0.132. The number of nitrogens with two attached hydrogens (primary N) is 1.